The summed E-state index contributed by atoms with van der Waals surface area (Å²) in [6.45, 7) is 0. The molecule has 0 aliphatic carbocycles. The van der Waals surface area contributed by atoms with Gasteiger partial charge < -0.3 is 4.90 Å². The molecule has 0 aliphatic rings. The summed E-state index contributed by atoms with van der Waals surface area (Å²) in [7, 11) is 0. The van der Waals surface area contributed by atoms with Crippen LogP contribution in [-0.2, 0) is 0 Å². The molecular weight excluding hydrogens is 546 g/mol. The minimum Gasteiger partial charge on any atom is -0.309 e. The van der Waals surface area contributed by atoms with Gasteiger partial charge in [0.15, 0.2) is 0 Å². The van der Waals surface area contributed by atoms with Crippen LogP contribution < -0.4 is 4.90 Å². The second-order valence-corrected chi connectivity index (χ2v) is 11.2. The van der Waals surface area contributed by atoms with E-state index in [2.05, 4.69) is 155 Å². The first kappa shape index (κ1) is 26.6. The third-order valence-corrected chi connectivity index (χ3v) is 8.38. The molecular formula is C42H29N3. The van der Waals surface area contributed by atoms with E-state index >= 15 is 0 Å². The van der Waals surface area contributed by atoms with Crippen LogP contribution in [0.15, 0.2) is 176 Å². The first-order valence-corrected chi connectivity index (χ1v) is 15.1. The molecule has 45 heavy (non-hydrogen) atoms. The van der Waals surface area contributed by atoms with Crippen LogP contribution in [0.5, 0.6) is 0 Å². The number of benzene rings is 6. The number of pyridine rings is 2. The summed E-state index contributed by atoms with van der Waals surface area (Å²) in [5.74, 6) is 0. The van der Waals surface area contributed by atoms with Gasteiger partial charge in [-0.15, -0.1) is 0 Å². The fraction of sp³-hybridized carbons (Fsp3) is 0. The smallest absolute Gasteiger partial charge is 0.0719 e. The molecule has 0 N–H and O–H groups in total. The fourth-order valence-electron chi connectivity index (χ4n) is 5.99. The molecule has 0 fully saturated rings. The topological polar surface area (TPSA) is 29.0 Å². The second-order valence-electron chi connectivity index (χ2n) is 11.2. The summed E-state index contributed by atoms with van der Waals surface area (Å²) in [4.78, 5) is 11.3. The normalized spacial score (nSPS) is 11.1. The number of hydrogen-bond acceptors (Lipinski definition) is 3. The predicted octanol–water partition coefficient (Wildman–Crippen LogP) is 11.3. The van der Waals surface area contributed by atoms with Crippen molar-refractivity contribution in [3.8, 4) is 33.5 Å². The molecule has 212 valence electrons. The van der Waals surface area contributed by atoms with Crippen LogP contribution in [-0.4, -0.2) is 9.97 Å². The number of fused-ring (bicyclic) bond motifs is 2. The Hall–Kier alpha value is -6.06. The van der Waals surface area contributed by atoms with Gasteiger partial charge in [-0.2, -0.15) is 0 Å². The van der Waals surface area contributed by atoms with Gasteiger partial charge in [-0.1, -0.05) is 97.1 Å². The van der Waals surface area contributed by atoms with Gasteiger partial charge in [0.1, 0.15) is 0 Å². The summed E-state index contributed by atoms with van der Waals surface area (Å²) in [5.41, 5.74) is 9.77. The van der Waals surface area contributed by atoms with E-state index in [1.54, 1.807) is 6.20 Å². The van der Waals surface area contributed by atoms with Crippen LogP contribution in [0.25, 0.3) is 55.1 Å². The standard InChI is InChI=1S/C42H29N3/c1-3-8-34-26-36(13-11-30(34)6-1)32-15-19-39(20-16-32)45(41-23-24-42(44-29-41)38-10-5-25-43-28-38)40-21-17-33(18-22-40)37-14-12-31-7-2-4-9-35(31)27-37/h1-29H. The van der Waals surface area contributed by atoms with E-state index in [1.165, 1.54) is 43.8 Å². The van der Waals surface area contributed by atoms with Crippen molar-refractivity contribution in [1.29, 1.82) is 0 Å². The Balaban J connectivity index is 1.16. The lowest BCUT2D eigenvalue weighted by molar-refractivity contribution is 1.22. The fourth-order valence-corrected chi connectivity index (χ4v) is 5.99. The number of rotatable bonds is 6. The van der Waals surface area contributed by atoms with E-state index in [-0.39, 0.29) is 0 Å². The Morgan fingerprint density at radius 1 is 0.356 bits per heavy atom. The molecule has 6 aromatic carbocycles. The summed E-state index contributed by atoms with van der Waals surface area (Å²) in [5, 5.41) is 4.98. The largest absolute Gasteiger partial charge is 0.309 e. The summed E-state index contributed by atoms with van der Waals surface area (Å²) < 4.78 is 0. The lowest BCUT2D eigenvalue weighted by atomic mass is 10.00. The highest BCUT2D eigenvalue weighted by Gasteiger charge is 2.14. The average Bonchev–Trinajstić information content (AvgIpc) is 3.12. The van der Waals surface area contributed by atoms with Gasteiger partial charge in [0.05, 0.1) is 17.6 Å². The molecule has 2 aromatic heterocycles. The first-order valence-electron chi connectivity index (χ1n) is 15.1. The monoisotopic (exact) mass is 575 g/mol. The van der Waals surface area contributed by atoms with Crippen LogP contribution >= 0.6 is 0 Å². The van der Waals surface area contributed by atoms with E-state index < -0.39 is 0 Å². The second kappa shape index (κ2) is 11.6. The molecule has 0 aliphatic heterocycles. The average molecular weight is 576 g/mol. The summed E-state index contributed by atoms with van der Waals surface area (Å²) >= 11 is 0. The first-order chi connectivity index (χ1) is 22.3. The summed E-state index contributed by atoms with van der Waals surface area (Å²) in [6, 6.07) is 56.0. The van der Waals surface area contributed by atoms with Crippen molar-refractivity contribution in [2.24, 2.45) is 0 Å². The Morgan fingerprint density at radius 2 is 0.867 bits per heavy atom. The van der Waals surface area contributed by atoms with E-state index in [9.17, 15) is 0 Å². The van der Waals surface area contributed by atoms with Gasteiger partial charge in [-0.05, 0) is 104 Å². The Morgan fingerprint density at radius 3 is 1.36 bits per heavy atom. The van der Waals surface area contributed by atoms with Gasteiger partial charge >= 0.3 is 0 Å². The van der Waals surface area contributed by atoms with Gasteiger partial charge in [-0.3, -0.25) is 9.97 Å². The summed E-state index contributed by atoms with van der Waals surface area (Å²) in [6.07, 6.45) is 5.57. The number of aromatic nitrogens is 2. The third kappa shape index (κ3) is 5.32. The molecule has 0 amide bonds. The maximum absolute atomic E-state index is 4.83. The van der Waals surface area contributed by atoms with Crippen molar-refractivity contribution in [2.45, 2.75) is 0 Å². The zero-order valence-corrected chi connectivity index (χ0v) is 24.6. The Bertz CT molecular complexity index is 2120. The highest BCUT2D eigenvalue weighted by atomic mass is 15.1. The molecule has 0 bridgehead atoms. The van der Waals surface area contributed by atoms with E-state index in [1.807, 2.05) is 24.5 Å². The molecule has 0 unspecified atom stereocenters. The molecule has 8 rings (SSSR count). The lowest BCUT2D eigenvalue weighted by Gasteiger charge is -2.26. The van der Waals surface area contributed by atoms with Crippen molar-refractivity contribution in [3.05, 3.63) is 176 Å². The van der Waals surface area contributed by atoms with Crippen LogP contribution in [0.2, 0.25) is 0 Å². The predicted molar refractivity (Wildman–Crippen MR) is 188 cm³/mol. The minimum absolute atomic E-state index is 0.894. The zero-order valence-electron chi connectivity index (χ0n) is 24.6. The number of hydrogen-bond donors (Lipinski definition) is 0. The van der Waals surface area contributed by atoms with Crippen molar-refractivity contribution < 1.29 is 0 Å². The van der Waals surface area contributed by atoms with Crippen molar-refractivity contribution in [2.75, 3.05) is 4.90 Å². The van der Waals surface area contributed by atoms with Gasteiger partial charge in [-0.25, -0.2) is 0 Å². The van der Waals surface area contributed by atoms with Gasteiger partial charge in [0, 0.05) is 29.3 Å². The SMILES string of the molecule is c1cncc(-c2ccc(N(c3ccc(-c4ccc5ccccc5c4)cc3)c3ccc(-c4ccc5ccccc5c4)cc3)cn2)c1. The van der Waals surface area contributed by atoms with Crippen molar-refractivity contribution in [3.63, 3.8) is 0 Å². The van der Waals surface area contributed by atoms with Crippen LogP contribution in [0.3, 0.4) is 0 Å². The molecule has 3 heteroatoms. The molecule has 0 spiro atoms. The molecule has 0 saturated heterocycles. The van der Waals surface area contributed by atoms with Crippen LogP contribution in [0.4, 0.5) is 17.1 Å². The highest BCUT2D eigenvalue weighted by Crippen LogP contribution is 2.37. The lowest BCUT2D eigenvalue weighted by Crippen LogP contribution is -2.10. The third-order valence-electron chi connectivity index (χ3n) is 8.38. The Kier molecular flexibility index (Phi) is 6.82. The quantitative estimate of drug-likeness (QED) is 0.197. The number of nitrogens with zero attached hydrogens (tertiary/aromatic N) is 3. The molecule has 0 atom stereocenters. The maximum atomic E-state index is 4.83. The van der Waals surface area contributed by atoms with Gasteiger partial charge in [0.2, 0.25) is 0 Å². The van der Waals surface area contributed by atoms with Crippen molar-refractivity contribution >= 4 is 38.6 Å². The molecule has 0 radical (unpaired) electrons. The molecule has 0 saturated carbocycles. The van der Waals surface area contributed by atoms with Gasteiger partial charge in [0.25, 0.3) is 0 Å². The highest BCUT2D eigenvalue weighted by molar-refractivity contribution is 5.89. The van der Waals surface area contributed by atoms with Crippen LogP contribution in [0, 0.1) is 0 Å². The molecule has 2 heterocycles. The number of anilines is 3. The Labute approximate surface area is 262 Å². The maximum Gasteiger partial charge on any atom is 0.0719 e. The van der Waals surface area contributed by atoms with E-state index in [4.69, 9.17) is 4.98 Å². The van der Waals surface area contributed by atoms with E-state index in [0.717, 1.165) is 28.3 Å². The molecule has 8 aromatic rings. The van der Waals surface area contributed by atoms with Crippen molar-refractivity contribution in [1.82, 2.24) is 9.97 Å². The van der Waals surface area contributed by atoms with E-state index in [0.29, 0.717) is 0 Å². The molecule has 3 nitrogen and oxygen atoms in total. The van der Waals surface area contributed by atoms with Crippen LogP contribution in [0.1, 0.15) is 0 Å². The zero-order chi connectivity index (χ0) is 30.0. The minimum atomic E-state index is 0.894.